The molecule has 9 heteroatoms. The summed E-state index contributed by atoms with van der Waals surface area (Å²) in [5.41, 5.74) is -0.803. The summed E-state index contributed by atoms with van der Waals surface area (Å²) in [5, 5.41) is 12.5. The molecule has 3 aromatic rings. The number of pyridine rings is 1. The van der Waals surface area contributed by atoms with Crippen LogP contribution in [0.2, 0.25) is 5.02 Å². The van der Waals surface area contributed by atoms with Crippen LogP contribution < -0.4 is 5.32 Å². The lowest BCUT2D eigenvalue weighted by atomic mass is 10.0. The Morgan fingerprint density at radius 2 is 2.04 bits per heavy atom. The molecule has 0 bridgehead atoms. The normalized spacial score (nSPS) is 17.2. The van der Waals surface area contributed by atoms with Gasteiger partial charge >= 0.3 is 6.18 Å². The molecule has 1 aromatic carbocycles. The summed E-state index contributed by atoms with van der Waals surface area (Å²) in [4.78, 5) is 4.09. The quantitative estimate of drug-likeness (QED) is 0.661. The smallest absolute Gasteiger partial charge is 0.376 e. The molecule has 0 aliphatic carbocycles. The lowest BCUT2D eigenvalue weighted by molar-refractivity contribution is -0.137. The van der Waals surface area contributed by atoms with Crippen LogP contribution in [0.25, 0.3) is 22.0 Å². The van der Waals surface area contributed by atoms with Crippen molar-refractivity contribution in [3.63, 3.8) is 0 Å². The van der Waals surface area contributed by atoms with E-state index in [9.17, 15) is 13.2 Å². The van der Waals surface area contributed by atoms with Gasteiger partial charge in [0, 0.05) is 46.9 Å². The van der Waals surface area contributed by atoms with Gasteiger partial charge in [-0.05, 0) is 31.0 Å². The highest BCUT2D eigenvalue weighted by Crippen LogP contribution is 2.40. The fourth-order valence-electron chi connectivity index (χ4n) is 3.30. The maximum Gasteiger partial charge on any atom is 0.417 e. The largest absolute Gasteiger partial charge is 0.417 e. The summed E-state index contributed by atoms with van der Waals surface area (Å²) in [6, 6.07) is 5.25. The number of nitrogens with zero attached hydrogens (tertiary/aromatic N) is 3. The van der Waals surface area contributed by atoms with Crippen LogP contribution in [-0.4, -0.2) is 34.4 Å². The Morgan fingerprint density at radius 3 is 2.79 bits per heavy atom. The number of anilines is 1. The van der Waals surface area contributed by atoms with Crippen molar-refractivity contribution < 1.29 is 17.9 Å². The van der Waals surface area contributed by atoms with E-state index in [0.29, 0.717) is 23.1 Å². The third kappa shape index (κ3) is 3.74. The molecule has 1 atom stereocenters. The van der Waals surface area contributed by atoms with Crippen LogP contribution in [0, 0.1) is 0 Å². The van der Waals surface area contributed by atoms with Gasteiger partial charge in [-0.25, -0.2) is 0 Å². The molecule has 4 rings (SSSR count). The van der Waals surface area contributed by atoms with Crippen molar-refractivity contribution in [2.75, 3.05) is 18.5 Å². The van der Waals surface area contributed by atoms with E-state index >= 15 is 0 Å². The van der Waals surface area contributed by atoms with Crippen LogP contribution in [0.3, 0.4) is 0 Å². The Morgan fingerprint density at radius 1 is 1.18 bits per heavy atom. The van der Waals surface area contributed by atoms with Gasteiger partial charge < -0.3 is 10.1 Å². The minimum Gasteiger partial charge on any atom is -0.376 e. The van der Waals surface area contributed by atoms with Gasteiger partial charge in [-0.3, -0.25) is 4.98 Å². The van der Waals surface area contributed by atoms with E-state index in [-0.39, 0.29) is 22.4 Å². The number of hydrogen-bond donors (Lipinski definition) is 1. The first-order chi connectivity index (χ1) is 13.4. The maximum atomic E-state index is 13.5. The minimum atomic E-state index is -4.57. The summed E-state index contributed by atoms with van der Waals surface area (Å²) in [6.45, 7) is 1.28. The third-order valence-corrected chi connectivity index (χ3v) is 4.88. The number of halogens is 4. The van der Waals surface area contributed by atoms with Crippen LogP contribution in [0.15, 0.2) is 36.7 Å². The van der Waals surface area contributed by atoms with E-state index in [4.69, 9.17) is 16.3 Å². The van der Waals surface area contributed by atoms with Gasteiger partial charge in [-0.15, -0.1) is 10.2 Å². The predicted molar refractivity (Wildman–Crippen MR) is 100 cm³/mol. The topological polar surface area (TPSA) is 59.9 Å². The van der Waals surface area contributed by atoms with Crippen LogP contribution in [0.4, 0.5) is 19.0 Å². The molecule has 1 aliphatic rings. The highest BCUT2D eigenvalue weighted by Gasteiger charge is 2.35. The zero-order valence-electron chi connectivity index (χ0n) is 14.6. The highest BCUT2D eigenvalue weighted by molar-refractivity contribution is 6.30. The monoisotopic (exact) mass is 408 g/mol. The van der Waals surface area contributed by atoms with E-state index in [0.717, 1.165) is 25.5 Å². The van der Waals surface area contributed by atoms with E-state index in [1.807, 2.05) is 0 Å². The molecule has 0 spiro atoms. The predicted octanol–water partition coefficient (Wildman–Crippen LogP) is 4.95. The van der Waals surface area contributed by atoms with Gasteiger partial charge in [0.1, 0.15) is 5.69 Å². The van der Waals surface area contributed by atoms with Gasteiger partial charge in [0.25, 0.3) is 0 Å². The van der Waals surface area contributed by atoms with E-state index in [2.05, 4.69) is 20.5 Å². The number of benzene rings is 1. The number of hydrogen-bond acceptors (Lipinski definition) is 5. The Labute approximate surface area is 163 Å². The fourth-order valence-corrected chi connectivity index (χ4v) is 3.47. The third-order valence-electron chi connectivity index (χ3n) is 4.64. The van der Waals surface area contributed by atoms with Gasteiger partial charge in [0.15, 0.2) is 5.82 Å². The molecular weight excluding hydrogens is 393 g/mol. The van der Waals surface area contributed by atoms with E-state index < -0.39 is 11.7 Å². The van der Waals surface area contributed by atoms with Gasteiger partial charge in [-0.2, -0.15) is 13.2 Å². The zero-order chi connectivity index (χ0) is 19.7. The average molecular weight is 409 g/mol. The number of ether oxygens (including phenoxy) is 1. The van der Waals surface area contributed by atoms with Crippen molar-refractivity contribution in [3.8, 4) is 11.3 Å². The molecule has 0 saturated carbocycles. The summed E-state index contributed by atoms with van der Waals surface area (Å²) in [6.07, 6.45) is 0.554. The summed E-state index contributed by atoms with van der Waals surface area (Å²) in [5.74, 6) is 0.463. The molecule has 0 amide bonds. The SMILES string of the molecule is FC(F)(F)c1cc(Cl)ccc1-c1nnc(NC[C@H]2CCCO2)c2cnccc12. The lowest BCUT2D eigenvalue weighted by Gasteiger charge is -2.16. The molecule has 3 heterocycles. The lowest BCUT2D eigenvalue weighted by Crippen LogP contribution is -2.19. The second-order valence-corrected chi connectivity index (χ2v) is 6.96. The van der Waals surface area contributed by atoms with Crippen molar-refractivity contribution in [2.24, 2.45) is 0 Å². The number of rotatable bonds is 4. The Hall–Kier alpha value is -2.45. The number of alkyl halides is 3. The van der Waals surface area contributed by atoms with Gasteiger partial charge in [0.2, 0.25) is 0 Å². The van der Waals surface area contributed by atoms with Crippen molar-refractivity contribution in [1.29, 1.82) is 0 Å². The number of nitrogens with one attached hydrogen (secondary N) is 1. The van der Waals surface area contributed by atoms with Gasteiger partial charge in [0.05, 0.1) is 11.7 Å². The summed E-state index contributed by atoms with van der Waals surface area (Å²) in [7, 11) is 0. The fraction of sp³-hybridized carbons (Fsp3) is 0.316. The first-order valence-electron chi connectivity index (χ1n) is 8.76. The maximum absolute atomic E-state index is 13.5. The first-order valence-corrected chi connectivity index (χ1v) is 9.14. The molecule has 0 radical (unpaired) electrons. The Balaban J connectivity index is 1.79. The first kappa shape index (κ1) is 18.9. The Bertz CT molecular complexity index is 1010. The van der Waals surface area contributed by atoms with Crippen molar-refractivity contribution in [2.45, 2.75) is 25.1 Å². The number of aromatic nitrogens is 3. The van der Waals surface area contributed by atoms with Crippen LogP contribution in [0.1, 0.15) is 18.4 Å². The average Bonchev–Trinajstić information content (AvgIpc) is 3.19. The van der Waals surface area contributed by atoms with Crippen molar-refractivity contribution >= 4 is 28.2 Å². The Kier molecular flexibility index (Phi) is 5.07. The molecule has 5 nitrogen and oxygen atoms in total. The van der Waals surface area contributed by atoms with Crippen molar-refractivity contribution in [1.82, 2.24) is 15.2 Å². The number of fused-ring (bicyclic) bond motifs is 1. The zero-order valence-corrected chi connectivity index (χ0v) is 15.4. The van der Waals surface area contributed by atoms with E-state index in [1.54, 1.807) is 12.3 Å². The second kappa shape index (κ2) is 7.52. The molecule has 28 heavy (non-hydrogen) atoms. The van der Waals surface area contributed by atoms with Crippen LogP contribution >= 0.6 is 11.6 Å². The standard InChI is InChI=1S/C19H16ClF3N4O/c20-11-3-4-14(16(8-11)19(21,22)23)17-13-5-6-24-10-15(13)18(27-26-17)25-9-12-2-1-7-28-12/h3-6,8,10,12H,1-2,7,9H2,(H,25,27)/t12-/m1/s1. The minimum absolute atomic E-state index is 0.00450. The molecule has 1 fully saturated rings. The van der Waals surface area contributed by atoms with E-state index in [1.165, 1.54) is 18.3 Å². The summed E-state index contributed by atoms with van der Waals surface area (Å²) < 4.78 is 46.2. The molecule has 1 aliphatic heterocycles. The van der Waals surface area contributed by atoms with Crippen molar-refractivity contribution in [3.05, 3.63) is 47.2 Å². The molecule has 1 N–H and O–H groups in total. The second-order valence-electron chi connectivity index (χ2n) is 6.52. The summed E-state index contributed by atoms with van der Waals surface area (Å²) >= 11 is 5.79. The van der Waals surface area contributed by atoms with Crippen LogP contribution in [-0.2, 0) is 10.9 Å². The molecule has 2 aromatic heterocycles. The molecule has 0 unspecified atom stereocenters. The van der Waals surface area contributed by atoms with Gasteiger partial charge in [-0.1, -0.05) is 17.7 Å². The molecular formula is C19H16ClF3N4O. The molecule has 146 valence electrons. The van der Waals surface area contributed by atoms with Crippen LogP contribution in [0.5, 0.6) is 0 Å². The molecule has 1 saturated heterocycles. The highest BCUT2D eigenvalue weighted by atomic mass is 35.5.